The van der Waals surface area contributed by atoms with Gasteiger partial charge in [-0.3, -0.25) is 0 Å². The van der Waals surface area contributed by atoms with Crippen molar-refractivity contribution in [1.29, 1.82) is 0 Å². The van der Waals surface area contributed by atoms with Crippen LogP contribution in [-0.2, 0) is 6.42 Å². The molecule has 4 rings (SSSR count). The maximum absolute atomic E-state index is 3.84. The smallest absolute Gasteiger partial charge is 0.00684 e. The highest BCUT2D eigenvalue weighted by atomic mass is 15.0. The number of hydrogen-bond acceptors (Lipinski definition) is 1. The zero-order valence-corrected chi connectivity index (χ0v) is 11.8. The molecule has 19 heavy (non-hydrogen) atoms. The summed E-state index contributed by atoms with van der Waals surface area (Å²) < 4.78 is 0. The van der Waals surface area contributed by atoms with E-state index in [0.29, 0.717) is 5.41 Å². The fourth-order valence-corrected chi connectivity index (χ4v) is 4.69. The predicted octanol–water partition coefficient (Wildman–Crippen LogP) is 3.79. The van der Waals surface area contributed by atoms with Gasteiger partial charge in [-0.2, -0.15) is 0 Å². The van der Waals surface area contributed by atoms with Crippen LogP contribution in [0.4, 0.5) is 0 Å². The van der Waals surface area contributed by atoms with Crippen molar-refractivity contribution in [2.24, 2.45) is 17.3 Å². The molecule has 0 radical (unpaired) electrons. The van der Waals surface area contributed by atoms with Crippen molar-refractivity contribution >= 4 is 0 Å². The predicted molar refractivity (Wildman–Crippen MR) is 79.1 cm³/mol. The quantitative estimate of drug-likeness (QED) is 0.844. The van der Waals surface area contributed by atoms with Gasteiger partial charge in [-0.25, -0.2) is 0 Å². The largest absolute Gasteiger partial charge is 0.313 e. The Hall–Kier alpha value is -0.820. The Bertz CT molecular complexity index is 436. The molecular weight excluding hydrogens is 230 g/mol. The van der Waals surface area contributed by atoms with E-state index in [1.807, 2.05) is 0 Å². The Kier molecular flexibility index (Phi) is 2.91. The Morgan fingerprint density at radius 1 is 1.05 bits per heavy atom. The molecule has 0 saturated heterocycles. The topological polar surface area (TPSA) is 12.0 Å². The molecule has 0 aliphatic heterocycles. The fraction of sp³-hybridized carbons (Fsp3) is 0.667. The van der Waals surface area contributed by atoms with Gasteiger partial charge in [-0.1, -0.05) is 36.8 Å². The summed E-state index contributed by atoms with van der Waals surface area (Å²) in [6, 6.07) is 12.0. The molecule has 3 fully saturated rings. The first kappa shape index (κ1) is 12.0. The number of hydrogen-bond donors (Lipinski definition) is 1. The third-order valence-corrected chi connectivity index (χ3v) is 5.82. The van der Waals surface area contributed by atoms with Gasteiger partial charge in [0.1, 0.15) is 0 Å². The lowest BCUT2D eigenvalue weighted by atomic mass is 9.69. The molecule has 1 aromatic rings. The molecule has 3 aliphatic rings. The van der Waals surface area contributed by atoms with Crippen molar-refractivity contribution < 1.29 is 0 Å². The van der Waals surface area contributed by atoms with E-state index in [0.717, 1.165) is 17.9 Å². The molecule has 2 bridgehead atoms. The standard InChI is InChI=1S/C18H25N/c1-2-4-14(5-3-1)11-18(13-19-17-8-9-17)12-15-6-7-16(18)10-15/h1-5,15-17,19H,6-13H2/t15-,16-,18-/m1/s1. The molecule has 3 aliphatic carbocycles. The van der Waals surface area contributed by atoms with E-state index in [2.05, 4.69) is 35.6 Å². The molecular formula is C18H25N. The third-order valence-electron chi connectivity index (χ3n) is 5.82. The van der Waals surface area contributed by atoms with E-state index in [-0.39, 0.29) is 0 Å². The lowest BCUT2D eigenvalue weighted by Gasteiger charge is -2.38. The fourth-order valence-electron chi connectivity index (χ4n) is 4.69. The van der Waals surface area contributed by atoms with Gasteiger partial charge in [0.25, 0.3) is 0 Å². The van der Waals surface area contributed by atoms with Crippen LogP contribution < -0.4 is 5.32 Å². The minimum Gasteiger partial charge on any atom is -0.313 e. The van der Waals surface area contributed by atoms with Crippen LogP contribution in [0.5, 0.6) is 0 Å². The number of rotatable bonds is 5. The van der Waals surface area contributed by atoms with Crippen LogP contribution in [0.25, 0.3) is 0 Å². The van der Waals surface area contributed by atoms with Crippen molar-refractivity contribution in [3.8, 4) is 0 Å². The molecule has 102 valence electrons. The second-order valence-electron chi connectivity index (χ2n) is 7.26. The van der Waals surface area contributed by atoms with Crippen molar-refractivity contribution in [2.45, 2.75) is 51.0 Å². The van der Waals surface area contributed by atoms with Gasteiger partial charge in [0.15, 0.2) is 0 Å². The van der Waals surface area contributed by atoms with Crippen LogP contribution in [0.3, 0.4) is 0 Å². The lowest BCUT2D eigenvalue weighted by Crippen LogP contribution is -2.41. The molecule has 0 heterocycles. The Morgan fingerprint density at radius 2 is 1.89 bits per heavy atom. The Morgan fingerprint density at radius 3 is 2.53 bits per heavy atom. The summed E-state index contributed by atoms with van der Waals surface area (Å²) in [7, 11) is 0. The highest BCUT2D eigenvalue weighted by molar-refractivity contribution is 5.19. The van der Waals surface area contributed by atoms with E-state index >= 15 is 0 Å². The van der Waals surface area contributed by atoms with Crippen LogP contribution in [0.15, 0.2) is 30.3 Å². The molecule has 1 N–H and O–H groups in total. The first-order valence-corrected chi connectivity index (χ1v) is 8.11. The van der Waals surface area contributed by atoms with E-state index < -0.39 is 0 Å². The summed E-state index contributed by atoms with van der Waals surface area (Å²) in [4.78, 5) is 0. The van der Waals surface area contributed by atoms with E-state index in [1.54, 1.807) is 5.56 Å². The number of fused-ring (bicyclic) bond motifs is 2. The van der Waals surface area contributed by atoms with Crippen molar-refractivity contribution in [1.82, 2.24) is 5.32 Å². The van der Waals surface area contributed by atoms with Crippen LogP contribution >= 0.6 is 0 Å². The Balaban J connectivity index is 1.53. The van der Waals surface area contributed by atoms with Crippen LogP contribution in [0.1, 0.15) is 44.1 Å². The maximum Gasteiger partial charge on any atom is 0.00684 e. The summed E-state index contributed by atoms with van der Waals surface area (Å²) in [5.74, 6) is 2.03. The lowest BCUT2D eigenvalue weighted by molar-refractivity contribution is 0.155. The van der Waals surface area contributed by atoms with Gasteiger partial charge >= 0.3 is 0 Å². The SMILES string of the molecule is c1ccc(C[C@]2(CNC3CC3)C[C@@H]3CC[C@@H]2C3)cc1. The molecule has 0 unspecified atom stereocenters. The second kappa shape index (κ2) is 4.63. The third kappa shape index (κ3) is 2.33. The molecule has 3 saturated carbocycles. The van der Waals surface area contributed by atoms with Crippen molar-refractivity contribution in [3.05, 3.63) is 35.9 Å². The van der Waals surface area contributed by atoms with Gasteiger partial charge in [0.2, 0.25) is 0 Å². The van der Waals surface area contributed by atoms with Gasteiger partial charge in [0, 0.05) is 12.6 Å². The molecule has 0 aromatic heterocycles. The normalized spacial score (nSPS) is 36.8. The molecule has 1 aromatic carbocycles. The minimum atomic E-state index is 0.576. The zero-order valence-electron chi connectivity index (χ0n) is 11.8. The molecule has 0 amide bonds. The van der Waals surface area contributed by atoms with E-state index in [1.165, 1.54) is 51.5 Å². The van der Waals surface area contributed by atoms with Crippen LogP contribution in [0, 0.1) is 17.3 Å². The maximum atomic E-state index is 3.84. The van der Waals surface area contributed by atoms with Crippen molar-refractivity contribution in [2.75, 3.05) is 6.54 Å². The highest BCUT2D eigenvalue weighted by Gasteiger charge is 2.50. The molecule has 1 nitrogen and oxygen atoms in total. The summed E-state index contributed by atoms with van der Waals surface area (Å²) >= 11 is 0. The molecule has 3 atom stereocenters. The first-order chi connectivity index (χ1) is 9.34. The van der Waals surface area contributed by atoms with Crippen LogP contribution in [0.2, 0.25) is 0 Å². The summed E-state index contributed by atoms with van der Waals surface area (Å²) in [6.07, 6.45) is 10.1. The minimum absolute atomic E-state index is 0.576. The van der Waals surface area contributed by atoms with Gasteiger partial charge in [-0.05, 0) is 61.3 Å². The number of benzene rings is 1. The summed E-state index contributed by atoms with van der Waals surface area (Å²) in [5, 5.41) is 3.84. The highest BCUT2D eigenvalue weighted by Crippen LogP contribution is 2.57. The van der Waals surface area contributed by atoms with Gasteiger partial charge in [0.05, 0.1) is 0 Å². The average Bonchev–Trinajstić information content (AvgIpc) is 3.07. The Labute approximate surface area is 116 Å². The summed E-state index contributed by atoms with van der Waals surface area (Å²) in [5.41, 5.74) is 2.12. The second-order valence-corrected chi connectivity index (χ2v) is 7.26. The first-order valence-electron chi connectivity index (χ1n) is 8.11. The van der Waals surface area contributed by atoms with Crippen molar-refractivity contribution in [3.63, 3.8) is 0 Å². The summed E-state index contributed by atoms with van der Waals surface area (Å²) in [6.45, 7) is 1.27. The van der Waals surface area contributed by atoms with Crippen LogP contribution in [-0.4, -0.2) is 12.6 Å². The van der Waals surface area contributed by atoms with Gasteiger partial charge < -0.3 is 5.32 Å². The molecule has 1 heteroatoms. The average molecular weight is 255 g/mol. The number of nitrogens with one attached hydrogen (secondary N) is 1. The van der Waals surface area contributed by atoms with E-state index in [9.17, 15) is 0 Å². The van der Waals surface area contributed by atoms with E-state index in [4.69, 9.17) is 0 Å². The zero-order chi connectivity index (χ0) is 12.7. The molecule has 0 spiro atoms. The van der Waals surface area contributed by atoms with Gasteiger partial charge in [-0.15, -0.1) is 0 Å². The monoisotopic (exact) mass is 255 g/mol.